The number of aromatic nitrogens is 4. The average Bonchev–Trinajstić information content (AvgIpc) is 3.58. The van der Waals surface area contributed by atoms with Crippen LogP contribution in [0.25, 0.3) is 22.5 Å². The minimum absolute atomic E-state index is 0.0287. The lowest BCUT2D eigenvalue weighted by Crippen LogP contribution is -2.41. The minimum atomic E-state index is -1.12. The molecule has 210 valence electrons. The highest BCUT2D eigenvalue weighted by Gasteiger charge is 2.29. The number of hydrogen-bond donors (Lipinski definition) is 2. The van der Waals surface area contributed by atoms with E-state index in [1.54, 1.807) is 0 Å². The van der Waals surface area contributed by atoms with Crippen molar-refractivity contribution in [3.63, 3.8) is 0 Å². The van der Waals surface area contributed by atoms with Crippen molar-refractivity contribution in [2.75, 3.05) is 6.61 Å². The summed E-state index contributed by atoms with van der Waals surface area (Å²) in [6.45, 7) is 0.142. The Bertz CT molecular complexity index is 1470. The fourth-order valence-corrected chi connectivity index (χ4v) is 5.14. The number of ketones is 1. The van der Waals surface area contributed by atoms with E-state index in [-0.39, 0.29) is 31.3 Å². The first kappa shape index (κ1) is 27.7. The molecule has 3 aromatic carbocycles. The molecule has 0 aliphatic heterocycles. The lowest BCUT2D eigenvalue weighted by Gasteiger charge is -2.17. The molecular weight excluding hydrogens is 522 g/mol. The van der Waals surface area contributed by atoms with E-state index in [2.05, 4.69) is 32.9 Å². The second kappa shape index (κ2) is 13.0. The van der Waals surface area contributed by atoms with Crippen LogP contribution in [0, 0.1) is 0 Å². The third-order valence-electron chi connectivity index (χ3n) is 7.18. The van der Waals surface area contributed by atoms with Gasteiger partial charge in [0.1, 0.15) is 19.2 Å². The Balaban J connectivity index is 1.03. The van der Waals surface area contributed by atoms with Crippen molar-refractivity contribution in [1.82, 2.24) is 25.5 Å². The van der Waals surface area contributed by atoms with E-state index >= 15 is 0 Å². The van der Waals surface area contributed by atoms with Crippen LogP contribution < -0.4 is 5.32 Å². The van der Waals surface area contributed by atoms with Gasteiger partial charge in [-0.1, -0.05) is 91.7 Å². The molecule has 0 fully saturated rings. The maximum Gasteiger partial charge on any atom is 0.407 e. The van der Waals surface area contributed by atoms with E-state index in [0.717, 1.165) is 27.8 Å². The first-order valence-corrected chi connectivity index (χ1v) is 13.7. The van der Waals surface area contributed by atoms with Crippen LogP contribution in [0.2, 0.25) is 0 Å². The number of nitrogens with zero attached hydrogens (tertiary/aromatic N) is 4. The fourth-order valence-electron chi connectivity index (χ4n) is 5.14. The van der Waals surface area contributed by atoms with E-state index < -0.39 is 18.1 Å². The highest BCUT2D eigenvalue weighted by Crippen LogP contribution is 2.44. The van der Waals surface area contributed by atoms with Gasteiger partial charge in [0.2, 0.25) is 5.82 Å². The van der Waals surface area contributed by atoms with Gasteiger partial charge in [-0.2, -0.15) is 4.80 Å². The molecule has 2 N–H and O–H groups in total. The number of amides is 1. The molecule has 10 heteroatoms. The summed E-state index contributed by atoms with van der Waals surface area (Å²) in [5, 5.41) is 24.3. The van der Waals surface area contributed by atoms with Crippen molar-refractivity contribution < 1.29 is 24.2 Å². The Morgan fingerprint density at radius 3 is 2.22 bits per heavy atom. The molecule has 1 aliphatic carbocycles. The maximum atomic E-state index is 12.5. The van der Waals surface area contributed by atoms with Gasteiger partial charge in [0, 0.05) is 17.9 Å². The van der Waals surface area contributed by atoms with Gasteiger partial charge in [-0.25, -0.2) is 9.59 Å². The second-order valence-corrected chi connectivity index (χ2v) is 10.0. The summed E-state index contributed by atoms with van der Waals surface area (Å²) in [6.07, 6.45) is 1.56. The summed E-state index contributed by atoms with van der Waals surface area (Å²) in [4.78, 5) is 37.9. The van der Waals surface area contributed by atoms with E-state index in [9.17, 15) is 19.5 Å². The van der Waals surface area contributed by atoms with E-state index in [0.29, 0.717) is 31.5 Å². The number of rotatable bonds is 13. The molecule has 5 rings (SSSR count). The zero-order valence-corrected chi connectivity index (χ0v) is 22.5. The summed E-state index contributed by atoms with van der Waals surface area (Å²) < 4.78 is 5.49. The van der Waals surface area contributed by atoms with Gasteiger partial charge in [0.15, 0.2) is 5.78 Å². The van der Waals surface area contributed by atoms with Crippen LogP contribution in [-0.2, 0) is 20.9 Å². The number of hydrogen-bond acceptors (Lipinski definition) is 7. The zero-order chi connectivity index (χ0) is 28.6. The Labute approximate surface area is 237 Å². The number of fused-ring (bicyclic) bond motifs is 3. The first-order chi connectivity index (χ1) is 20.0. The molecule has 0 saturated carbocycles. The summed E-state index contributed by atoms with van der Waals surface area (Å²) in [5.41, 5.74) is 5.23. The summed E-state index contributed by atoms with van der Waals surface area (Å²) in [7, 11) is 0. The number of unbranched alkanes of at least 4 members (excludes halogenated alkanes) is 2. The summed E-state index contributed by atoms with van der Waals surface area (Å²) in [5.74, 6) is -0.803. The number of carboxylic acids is 1. The molecule has 4 aromatic rings. The molecule has 1 atom stereocenters. The predicted octanol–water partition coefficient (Wildman–Crippen LogP) is 4.85. The number of carbonyl (C=O) groups excluding carboxylic acids is 2. The molecule has 1 amide bonds. The fraction of sp³-hybridized carbons (Fsp3) is 0.290. The monoisotopic (exact) mass is 553 g/mol. The third-order valence-corrected chi connectivity index (χ3v) is 7.18. The number of benzene rings is 3. The zero-order valence-electron chi connectivity index (χ0n) is 22.5. The number of nitrogens with one attached hydrogen (secondary N) is 1. The normalized spacial score (nSPS) is 12.8. The topological polar surface area (TPSA) is 136 Å². The minimum Gasteiger partial charge on any atom is -0.480 e. The molecule has 0 saturated heterocycles. The molecular formula is C31H31N5O5. The number of aliphatic carboxylic acids is 1. The number of alkyl carbamates (subject to hydrolysis) is 1. The number of Topliss-reactive ketones (excluding diaryl/α,β-unsaturated/α-hetero) is 1. The Hall–Kier alpha value is -4.86. The van der Waals surface area contributed by atoms with Crippen LogP contribution in [0.15, 0.2) is 78.9 Å². The van der Waals surface area contributed by atoms with Crippen molar-refractivity contribution in [3.8, 4) is 22.5 Å². The van der Waals surface area contributed by atoms with E-state index in [4.69, 9.17) is 4.74 Å². The number of carbonyl (C=O) groups is 3. The van der Waals surface area contributed by atoms with Crippen LogP contribution in [0.4, 0.5) is 4.79 Å². The molecule has 1 aromatic heterocycles. The molecule has 41 heavy (non-hydrogen) atoms. The maximum absolute atomic E-state index is 12.5. The first-order valence-electron chi connectivity index (χ1n) is 13.7. The van der Waals surface area contributed by atoms with Gasteiger partial charge in [0.05, 0.1) is 0 Å². The number of tetrazole rings is 1. The summed E-state index contributed by atoms with van der Waals surface area (Å²) >= 11 is 0. The van der Waals surface area contributed by atoms with Gasteiger partial charge in [-0.15, -0.1) is 10.2 Å². The molecule has 0 spiro atoms. The van der Waals surface area contributed by atoms with Crippen molar-refractivity contribution in [2.24, 2.45) is 0 Å². The summed E-state index contributed by atoms with van der Waals surface area (Å²) in [6, 6.07) is 24.4. The predicted molar refractivity (Wildman–Crippen MR) is 151 cm³/mol. The SMILES string of the molecule is O=C(CCCCC[C@H](NC(=O)OCC1c2ccccc2-c2ccccc21)C(=O)O)Cn1nnc(-c2ccccc2)n1. The molecule has 1 heterocycles. The van der Waals surface area contributed by atoms with Crippen LogP contribution in [-0.4, -0.2) is 55.8 Å². The van der Waals surface area contributed by atoms with E-state index in [1.165, 1.54) is 4.80 Å². The van der Waals surface area contributed by atoms with Crippen molar-refractivity contribution in [2.45, 2.75) is 50.6 Å². The quantitative estimate of drug-likeness (QED) is 0.224. The Morgan fingerprint density at radius 2 is 1.54 bits per heavy atom. The molecule has 0 bridgehead atoms. The number of ether oxygens (including phenoxy) is 1. The van der Waals surface area contributed by atoms with Crippen LogP contribution in [0.1, 0.15) is 49.1 Å². The van der Waals surface area contributed by atoms with Gasteiger partial charge in [0.25, 0.3) is 0 Å². The average molecular weight is 554 g/mol. The number of carboxylic acid groups (broad SMARTS) is 1. The lowest BCUT2D eigenvalue weighted by atomic mass is 9.98. The van der Waals surface area contributed by atoms with Crippen LogP contribution >= 0.6 is 0 Å². The smallest absolute Gasteiger partial charge is 0.407 e. The van der Waals surface area contributed by atoms with Crippen molar-refractivity contribution in [3.05, 3.63) is 90.0 Å². The van der Waals surface area contributed by atoms with Crippen molar-refractivity contribution in [1.29, 1.82) is 0 Å². The van der Waals surface area contributed by atoms with Gasteiger partial charge in [-0.05, 0) is 40.3 Å². The molecule has 1 aliphatic rings. The van der Waals surface area contributed by atoms with Crippen LogP contribution in [0.3, 0.4) is 0 Å². The van der Waals surface area contributed by atoms with Crippen LogP contribution in [0.5, 0.6) is 0 Å². The molecule has 0 radical (unpaired) electrons. The largest absolute Gasteiger partial charge is 0.480 e. The van der Waals surface area contributed by atoms with Gasteiger partial charge in [-0.3, -0.25) is 4.79 Å². The Morgan fingerprint density at radius 1 is 0.878 bits per heavy atom. The Kier molecular flexibility index (Phi) is 8.78. The molecule has 10 nitrogen and oxygen atoms in total. The third kappa shape index (κ3) is 6.84. The lowest BCUT2D eigenvalue weighted by molar-refractivity contribution is -0.139. The van der Waals surface area contributed by atoms with Crippen molar-refractivity contribution >= 4 is 17.8 Å². The van der Waals surface area contributed by atoms with Gasteiger partial charge < -0.3 is 15.2 Å². The standard InChI is InChI=1S/C31H31N5O5/c37-22(19-36-34-29(33-35-36)21-11-3-1-4-12-21)13-5-2-6-18-28(30(38)39)32-31(40)41-20-27-25-16-9-7-14-23(25)24-15-8-10-17-26(24)27/h1,3-4,7-12,14-17,27-28H,2,5-6,13,18-20H2,(H,32,40)(H,38,39)/t28-/m0/s1. The second-order valence-electron chi connectivity index (χ2n) is 10.0. The molecule has 0 unspecified atom stereocenters. The van der Waals surface area contributed by atoms with E-state index in [1.807, 2.05) is 66.7 Å². The highest BCUT2D eigenvalue weighted by atomic mass is 16.5. The van der Waals surface area contributed by atoms with Gasteiger partial charge >= 0.3 is 12.1 Å². The highest BCUT2D eigenvalue weighted by molar-refractivity contribution is 5.81.